The molecule has 4 radical (unpaired) electrons. The maximum atomic E-state index is 10.3. The molecule has 3 saturated heterocycles. The lowest BCUT2D eigenvalue weighted by molar-refractivity contribution is -0.0257. The first-order valence-electron chi connectivity index (χ1n) is 8.09. The van der Waals surface area contributed by atoms with E-state index in [2.05, 4.69) is 0 Å². The van der Waals surface area contributed by atoms with Gasteiger partial charge in [0.2, 0.25) is 0 Å². The highest BCUT2D eigenvalue weighted by molar-refractivity contribution is 8.21. The molecule has 10 atom stereocenters. The number of fused-ring (bicyclic) bond motifs is 2. The van der Waals surface area contributed by atoms with Gasteiger partial charge < -0.3 is 37.8 Å². The van der Waals surface area contributed by atoms with Crippen LogP contribution in [0.4, 0.5) is 0 Å². The van der Waals surface area contributed by atoms with Gasteiger partial charge in [0.25, 0.3) is 0 Å². The first kappa shape index (κ1) is 21.8. The van der Waals surface area contributed by atoms with Crippen molar-refractivity contribution in [3.8, 4) is 0 Å². The van der Waals surface area contributed by atoms with Gasteiger partial charge in [-0.15, -0.1) is 0 Å². The third-order valence-corrected chi connectivity index (χ3v) is 7.76. The maximum absolute atomic E-state index is 10.3. The number of ether oxygens (including phenoxy) is 2. The van der Waals surface area contributed by atoms with E-state index < -0.39 is 61.6 Å². The molecule has 4 unspecified atom stereocenters. The summed E-state index contributed by atoms with van der Waals surface area (Å²) in [6.07, 6.45) is -12.5. The highest BCUT2D eigenvalue weighted by Crippen LogP contribution is 2.51. The SMILES string of the molecule is [B]P1(=S)OC[C@H]2O[C@@H](C)[C@@H](O)C2OP([B])(=S)OC[C@H]2O[C@@H](C)[C@@H](O)C2O1. The fourth-order valence-electron chi connectivity index (χ4n) is 3.12. The molecule has 0 aromatic carbocycles. The van der Waals surface area contributed by atoms with Gasteiger partial charge in [0.05, 0.1) is 25.4 Å². The molecule has 0 aromatic heterocycles. The van der Waals surface area contributed by atoms with Gasteiger partial charge in [-0.2, -0.15) is 0 Å². The Hall–Kier alpha value is 1.11. The Morgan fingerprint density at radius 3 is 1.50 bits per heavy atom. The molecular weight excluding hydrogens is 420 g/mol. The topological polar surface area (TPSA) is 95.8 Å². The zero-order chi connectivity index (χ0) is 19.3. The average Bonchev–Trinajstić information content (AvgIpc) is 2.95. The van der Waals surface area contributed by atoms with Crippen LogP contribution in [0.5, 0.6) is 0 Å². The van der Waals surface area contributed by atoms with Crippen molar-refractivity contribution in [2.24, 2.45) is 0 Å². The fraction of sp³-hybridized carbons (Fsp3) is 1.00. The predicted molar refractivity (Wildman–Crippen MR) is 102 cm³/mol. The molecule has 0 spiro atoms. The van der Waals surface area contributed by atoms with Crippen molar-refractivity contribution in [3.05, 3.63) is 0 Å². The van der Waals surface area contributed by atoms with Crippen molar-refractivity contribution in [2.45, 2.75) is 62.7 Å². The number of aliphatic hydroxyl groups excluding tert-OH is 2. The highest BCUT2D eigenvalue weighted by atomic mass is 32.5. The summed E-state index contributed by atoms with van der Waals surface area (Å²) in [5.41, 5.74) is 0. The first-order chi connectivity index (χ1) is 12.0. The molecule has 3 aliphatic heterocycles. The lowest BCUT2D eigenvalue weighted by atomic mass is 10.1. The molecule has 0 aromatic rings. The second-order valence-corrected chi connectivity index (χ2v) is 12.7. The molecule has 0 aliphatic carbocycles. The van der Waals surface area contributed by atoms with Gasteiger partial charge in [-0.25, -0.2) is 0 Å². The van der Waals surface area contributed by atoms with Crippen LogP contribution in [-0.2, 0) is 51.2 Å². The van der Waals surface area contributed by atoms with Crippen molar-refractivity contribution in [2.75, 3.05) is 13.2 Å². The van der Waals surface area contributed by atoms with Gasteiger partial charge in [0, 0.05) is 0 Å². The maximum Gasteiger partial charge on any atom is 0.200 e. The Labute approximate surface area is 165 Å². The van der Waals surface area contributed by atoms with Crippen molar-refractivity contribution >= 4 is 51.5 Å². The van der Waals surface area contributed by atoms with Gasteiger partial charge >= 0.3 is 0 Å². The van der Waals surface area contributed by atoms with E-state index in [0.29, 0.717) is 0 Å². The highest BCUT2D eigenvalue weighted by Gasteiger charge is 2.48. The number of hydrogen-bond acceptors (Lipinski definition) is 10. The van der Waals surface area contributed by atoms with E-state index in [1.807, 2.05) is 0 Å². The second kappa shape index (κ2) is 8.09. The Kier molecular flexibility index (Phi) is 6.79. The third-order valence-electron chi connectivity index (χ3n) is 4.52. The standard InChI is InChI=1S/C12H20B2O8P2S2/c1-5-9(15)11-7(19-5)3-17-24(14,26)22-12-8(20-6(2)10(12)16)4-18-23(13,25)21-11/h5-12,15-16H,3-4H2,1-2H3/t5-,6-,7+,8+,9+,10+,11?,12?,23?,24?/m0/s1. The largest absolute Gasteiger partial charge is 0.388 e. The van der Waals surface area contributed by atoms with E-state index in [4.69, 9.17) is 66.3 Å². The number of aliphatic hydroxyl groups is 2. The van der Waals surface area contributed by atoms with Gasteiger partial charge in [-0.1, -0.05) is 0 Å². The lowest BCUT2D eigenvalue weighted by Crippen LogP contribution is -2.39. The zero-order valence-electron chi connectivity index (χ0n) is 14.2. The lowest BCUT2D eigenvalue weighted by Gasteiger charge is -2.33. The molecule has 3 aliphatic rings. The summed E-state index contributed by atoms with van der Waals surface area (Å²) in [6.45, 7) is 3.20. The van der Waals surface area contributed by atoms with Crippen LogP contribution < -0.4 is 0 Å². The molecule has 3 fully saturated rings. The molecule has 0 bridgehead atoms. The van der Waals surface area contributed by atoms with Gasteiger partial charge in [-0.3, -0.25) is 0 Å². The summed E-state index contributed by atoms with van der Waals surface area (Å²) >= 11 is 10.5. The summed E-state index contributed by atoms with van der Waals surface area (Å²) in [5, 5.41) is 20.6. The van der Waals surface area contributed by atoms with Crippen LogP contribution in [-0.4, -0.2) is 87.4 Å². The second-order valence-electron chi connectivity index (χ2n) is 6.55. The van der Waals surface area contributed by atoms with Crippen molar-refractivity contribution in [3.63, 3.8) is 0 Å². The Bertz CT molecular complexity index is 578. The molecule has 2 N–H and O–H groups in total. The van der Waals surface area contributed by atoms with E-state index in [-0.39, 0.29) is 13.2 Å². The molecule has 3 rings (SSSR count). The predicted octanol–water partition coefficient (Wildman–Crippen LogP) is -0.114. The molecule has 0 saturated carbocycles. The van der Waals surface area contributed by atoms with Gasteiger partial charge in [0.15, 0.2) is 15.1 Å². The summed E-state index contributed by atoms with van der Waals surface area (Å²) in [6, 6.07) is 0. The molecule has 26 heavy (non-hydrogen) atoms. The average molecular weight is 440 g/mol. The summed E-state index contributed by atoms with van der Waals surface area (Å²) < 4.78 is 33.8. The van der Waals surface area contributed by atoms with Crippen LogP contribution in [0.2, 0.25) is 0 Å². The van der Waals surface area contributed by atoms with E-state index in [1.165, 1.54) is 0 Å². The quantitative estimate of drug-likeness (QED) is 0.393. The Morgan fingerprint density at radius 2 is 1.15 bits per heavy atom. The normalized spacial score (nSPS) is 56.2. The molecule has 14 heteroatoms. The van der Waals surface area contributed by atoms with E-state index in [1.54, 1.807) is 13.8 Å². The van der Waals surface area contributed by atoms with Crippen LogP contribution in [0.3, 0.4) is 0 Å². The smallest absolute Gasteiger partial charge is 0.200 e. The van der Waals surface area contributed by atoms with Crippen LogP contribution in [0.15, 0.2) is 0 Å². The van der Waals surface area contributed by atoms with E-state index >= 15 is 0 Å². The number of rotatable bonds is 0. The minimum atomic E-state index is -3.22. The minimum absolute atomic E-state index is 0.0843. The third kappa shape index (κ3) is 4.81. The van der Waals surface area contributed by atoms with Crippen LogP contribution in [0, 0.1) is 0 Å². The first-order valence-corrected chi connectivity index (χ1v) is 13.5. The molecule has 144 valence electrons. The monoisotopic (exact) mass is 440 g/mol. The van der Waals surface area contributed by atoms with Gasteiger partial charge in [-0.05, 0) is 37.5 Å². The van der Waals surface area contributed by atoms with Crippen LogP contribution >= 0.6 is 12.7 Å². The van der Waals surface area contributed by atoms with Crippen LogP contribution in [0.1, 0.15) is 13.8 Å². The molecule has 8 nitrogen and oxygen atoms in total. The molecule has 3 heterocycles. The van der Waals surface area contributed by atoms with Crippen LogP contribution in [0.25, 0.3) is 0 Å². The van der Waals surface area contributed by atoms with E-state index in [0.717, 1.165) is 0 Å². The fourth-order valence-corrected chi connectivity index (χ4v) is 6.12. The zero-order valence-corrected chi connectivity index (χ0v) is 17.7. The minimum Gasteiger partial charge on any atom is -0.388 e. The summed E-state index contributed by atoms with van der Waals surface area (Å²) in [7, 11) is 12.0. The van der Waals surface area contributed by atoms with E-state index in [9.17, 15) is 10.2 Å². The number of hydrogen-bond donors (Lipinski definition) is 2. The van der Waals surface area contributed by atoms with Crippen molar-refractivity contribution in [1.82, 2.24) is 0 Å². The van der Waals surface area contributed by atoms with Crippen molar-refractivity contribution < 1.29 is 37.8 Å². The van der Waals surface area contributed by atoms with Crippen molar-refractivity contribution in [1.29, 1.82) is 0 Å². The molecule has 0 amide bonds. The molecular formula is C12H20B2O8P2S2. The summed E-state index contributed by atoms with van der Waals surface area (Å²) in [5.74, 6) is 0. The summed E-state index contributed by atoms with van der Waals surface area (Å²) in [4.78, 5) is 0. The Morgan fingerprint density at radius 1 is 0.808 bits per heavy atom. The van der Waals surface area contributed by atoms with Gasteiger partial charge in [0.1, 0.15) is 49.4 Å². The Balaban J connectivity index is 1.85.